The van der Waals surface area contributed by atoms with Gasteiger partial charge in [-0.05, 0) is 26.3 Å². The summed E-state index contributed by atoms with van der Waals surface area (Å²) in [6.45, 7) is 3.07. The van der Waals surface area contributed by atoms with E-state index in [4.69, 9.17) is 10.5 Å². The van der Waals surface area contributed by atoms with Crippen LogP contribution in [-0.2, 0) is 0 Å². The fourth-order valence-corrected chi connectivity index (χ4v) is 2.68. The lowest BCUT2D eigenvalue weighted by Crippen LogP contribution is -2.38. The van der Waals surface area contributed by atoms with Gasteiger partial charge in [0.15, 0.2) is 0 Å². The third kappa shape index (κ3) is 3.90. The van der Waals surface area contributed by atoms with Crippen LogP contribution < -0.4 is 10.5 Å². The van der Waals surface area contributed by atoms with Gasteiger partial charge in [0.05, 0.1) is 13.2 Å². The highest BCUT2D eigenvalue weighted by molar-refractivity contribution is 7.98. The number of likely N-dealkylation sites (N-methyl/N-ethyl adjacent to an activating group) is 1. The van der Waals surface area contributed by atoms with Crippen LogP contribution in [0.5, 0.6) is 5.75 Å². The van der Waals surface area contributed by atoms with E-state index in [9.17, 15) is 0 Å². The Morgan fingerprint density at radius 3 is 2.61 bits per heavy atom. The predicted octanol–water partition coefficient (Wildman–Crippen LogP) is 2.38. The molecule has 0 amide bonds. The summed E-state index contributed by atoms with van der Waals surface area (Å²) in [5, 5.41) is 0. The Labute approximate surface area is 115 Å². The molecule has 0 bridgehead atoms. The Morgan fingerprint density at radius 2 is 2.06 bits per heavy atom. The highest BCUT2D eigenvalue weighted by Gasteiger charge is 2.23. The number of rotatable bonds is 7. The highest BCUT2D eigenvalue weighted by atomic mass is 32.2. The van der Waals surface area contributed by atoms with E-state index in [0.717, 1.165) is 18.0 Å². The Hall–Kier alpha value is -0.710. The number of ether oxygens (including phenoxy) is 1. The molecular weight excluding hydrogens is 244 g/mol. The molecule has 0 saturated carbocycles. The van der Waals surface area contributed by atoms with Crippen LogP contribution in [0.4, 0.5) is 0 Å². The summed E-state index contributed by atoms with van der Waals surface area (Å²) < 4.78 is 5.44. The number of nitrogens with zero attached hydrogens (tertiary/aromatic N) is 1. The van der Waals surface area contributed by atoms with Gasteiger partial charge >= 0.3 is 0 Å². The van der Waals surface area contributed by atoms with Crippen LogP contribution in [0.2, 0.25) is 0 Å². The molecule has 0 saturated heterocycles. The van der Waals surface area contributed by atoms with E-state index in [0.29, 0.717) is 0 Å². The maximum atomic E-state index is 6.16. The van der Waals surface area contributed by atoms with Gasteiger partial charge in [0.2, 0.25) is 0 Å². The number of thioether (sulfide) groups is 1. The fourth-order valence-electron chi connectivity index (χ4n) is 2.21. The molecule has 0 heterocycles. The third-order valence-corrected chi connectivity index (χ3v) is 3.67. The van der Waals surface area contributed by atoms with Gasteiger partial charge in [-0.15, -0.1) is 0 Å². The lowest BCUT2D eigenvalue weighted by Gasteiger charge is -2.32. The molecule has 18 heavy (non-hydrogen) atoms. The van der Waals surface area contributed by atoms with Gasteiger partial charge in [-0.1, -0.05) is 18.2 Å². The van der Waals surface area contributed by atoms with E-state index in [1.165, 1.54) is 5.56 Å². The van der Waals surface area contributed by atoms with Gasteiger partial charge in [0, 0.05) is 23.9 Å². The zero-order valence-electron chi connectivity index (χ0n) is 11.7. The van der Waals surface area contributed by atoms with Gasteiger partial charge in [0.25, 0.3) is 0 Å². The van der Waals surface area contributed by atoms with Crippen LogP contribution in [0.25, 0.3) is 0 Å². The van der Waals surface area contributed by atoms with Gasteiger partial charge < -0.3 is 10.5 Å². The SMILES string of the molecule is COc1ccccc1C(C(C)N)N(C)CCSC. The fraction of sp³-hybridized carbons (Fsp3) is 0.571. The standard InChI is InChI=1S/C14H24N2OS/c1-11(15)14(16(2)9-10-18-4)12-7-5-6-8-13(12)17-3/h5-8,11,14H,9-10,15H2,1-4H3. The Bertz CT molecular complexity index is 357. The molecule has 2 N–H and O–H groups in total. The lowest BCUT2D eigenvalue weighted by molar-refractivity contribution is 0.226. The molecule has 0 aromatic heterocycles. The largest absolute Gasteiger partial charge is 0.496 e. The Morgan fingerprint density at radius 1 is 1.39 bits per heavy atom. The molecule has 102 valence electrons. The summed E-state index contributed by atoms with van der Waals surface area (Å²) in [6.07, 6.45) is 2.12. The molecule has 0 radical (unpaired) electrons. The quantitative estimate of drug-likeness (QED) is 0.824. The molecule has 0 spiro atoms. The second-order valence-corrected chi connectivity index (χ2v) is 5.50. The van der Waals surface area contributed by atoms with Crippen LogP contribution in [0, 0.1) is 0 Å². The van der Waals surface area contributed by atoms with Crippen LogP contribution in [0.1, 0.15) is 18.5 Å². The molecule has 0 aliphatic rings. The molecule has 2 unspecified atom stereocenters. The Balaban J connectivity index is 2.96. The van der Waals surface area contributed by atoms with E-state index >= 15 is 0 Å². The smallest absolute Gasteiger partial charge is 0.123 e. The molecule has 1 aromatic carbocycles. The van der Waals surface area contributed by atoms with Crippen molar-refractivity contribution in [2.75, 3.05) is 32.7 Å². The summed E-state index contributed by atoms with van der Waals surface area (Å²) in [7, 11) is 3.83. The van der Waals surface area contributed by atoms with E-state index in [1.807, 2.05) is 36.9 Å². The van der Waals surface area contributed by atoms with Crippen molar-refractivity contribution < 1.29 is 4.74 Å². The van der Waals surface area contributed by atoms with Gasteiger partial charge in [-0.25, -0.2) is 0 Å². The van der Waals surface area contributed by atoms with Crippen LogP contribution >= 0.6 is 11.8 Å². The minimum Gasteiger partial charge on any atom is -0.496 e. The lowest BCUT2D eigenvalue weighted by atomic mass is 9.98. The Kier molecular flexibility index (Phi) is 6.54. The number of nitrogens with two attached hydrogens (primary N) is 1. The van der Waals surface area contributed by atoms with Gasteiger partial charge in [0.1, 0.15) is 5.75 Å². The highest BCUT2D eigenvalue weighted by Crippen LogP contribution is 2.30. The average Bonchev–Trinajstić information content (AvgIpc) is 2.36. The molecule has 1 aromatic rings. The first-order chi connectivity index (χ1) is 8.61. The normalized spacial score (nSPS) is 14.6. The first-order valence-electron chi connectivity index (χ1n) is 6.19. The minimum absolute atomic E-state index is 0.0631. The number of para-hydroxylation sites is 1. The van der Waals surface area contributed by atoms with Crippen molar-refractivity contribution in [1.82, 2.24) is 4.90 Å². The van der Waals surface area contributed by atoms with Crippen molar-refractivity contribution in [3.63, 3.8) is 0 Å². The molecule has 0 aliphatic carbocycles. The van der Waals surface area contributed by atoms with E-state index in [-0.39, 0.29) is 12.1 Å². The molecule has 3 nitrogen and oxygen atoms in total. The van der Waals surface area contributed by atoms with Crippen molar-refractivity contribution in [1.29, 1.82) is 0 Å². The molecule has 4 heteroatoms. The molecule has 1 rings (SSSR count). The number of methoxy groups -OCH3 is 1. The maximum absolute atomic E-state index is 6.16. The van der Waals surface area contributed by atoms with Crippen molar-refractivity contribution in [2.45, 2.75) is 19.0 Å². The van der Waals surface area contributed by atoms with E-state index in [1.54, 1.807) is 7.11 Å². The average molecular weight is 268 g/mol. The summed E-state index contributed by atoms with van der Waals surface area (Å²) in [5.41, 5.74) is 7.33. The maximum Gasteiger partial charge on any atom is 0.123 e. The molecule has 2 atom stereocenters. The summed E-state index contributed by atoms with van der Waals surface area (Å²) in [5.74, 6) is 2.02. The molecule has 0 aliphatic heterocycles. The predicted molar refractivity (Wildman–Crippen MR) is 80.4 cm³/mol. The zero-order chi connectivity index (χ0) is 13.5. The van der Waals surface area contributed by atoms with Crippen molar-refractivity contribution in [2.24, 2.45) is 5.73 Å². The van der Waals surface area contributed by atoms with Gasteiger partial charge in [-0.2, -0.15) is 11.8 Å². The minimum atomic E-state index is 0.0631. The first-order valence-corrected chi connectivity index (χ1v) is 7.58. The summed E-state index contributed by atoms with van der Waals surface area (Å²) in [4.78, 5) is 2.30. The number of hydrogen-bond acceptors (Lipinski definition) is 4. The van der Waals surface area contributed by atoms with E-state index in [2.05, 4.69) is 24.3 Å². The topological polar surface area (TPSA) is 38.5 Å². The molecular formula is C14H24N2OS. The first kappa shape index (κ1) is 15.3. The second-order valence-electron chi connectivity index (χ2n) is 4.52. The van der Waals surface area contributed by atoms with Gasteiger partial charge in [-0.3, -0.25) is 4.90 Å². The van der Waals surface area contributed by atoms with Crippen LogP contribution in [0.3, 0.4) is 0 Å². The summed E-state index contributed by atoms with van der Waals surface area (Å²) >= 11 is 1.85. The zero-order valence-corrected chi connectivity index (χ0v) is 12.5. The number of hydrogen-bond donors (Lipinski definition) is 1. The van der Waals surface area contributed by atoms with Crippen LogP contribution in [-0.4, -0.2) is 43.7 Å². The summed E-state index contributed by atoms with van der Waals surface area (Å²) in [6, 6.07) is 8.37. The monoisotopic (exact) mass is 268 g/mol. The van der Waals surface area contributed by atoms with Crippen molar-refractivity contribution in [3.05, 3.63) is 29.8 Å². The second kappa shape index (κ2) is 7.67. The number of benzene rings is 1. The van der Waals surface area contributed by atoms with E-state index < -0.39 is 0 Å². The van der Waals surface area contributed by atoms with Crippen molar-refractivity contribution in [3.8, 4) is 5.75 Å². The van der Waals surface area contributed by atoms with Crippen molar-refractivity contribution >= 4 is 11.8 Å². The van der Waals surface area contributed by atoms with Crippen LogP contribution in [0.15, 0.2) is 24.3 Å². The molecule has 0 fully saturated rings. The third-order valence-electron chi connectivity index (χ3n) is 3.08.